The van der Waals surface area contributed by atoms with Gasteiger partial charge in [0, 0.05) is 19.1 Å². The highest BCUT2D eigenvalue weighted by atomic mass is 32.2. The van der Waals surface area contributed by atoms with Crippen molar-refractivity contribution in [3.05, 3.63) is 0 Å². The van der Waals surface area contributed by atoms with Crippen LogP contribution in [0.1, 0.15) is 32.6 Å². The Bertz CT molecular complexity index is 391. The maximum atomic E-state index is 11.5. The highest BCUT2D eigenvalue weighted by Crippen LogP contribution is 2.16. The van der Waals surface area contributed by atoms with Gasteiger partial charge >= 0.3 is 0 Å². The summed E-state index contributed by atoms with van der Waals surface area (Å²) in [4.78, 5) is 2.31. The molecule has 2 aliphatic rings. The summed E-state index contributed by atoms with van der Waals surface area (Å²) < 4.78 is 23.1. The molecule has 2 heterocycles. The molecule has 0 aromatic carbocycles. The van der Waals surface area contributed by atoms with E-state index in [1.54, 1.807) is 0 Å². The molecule has 0 bridgehead atoms. The van der Waals surface area contributed by atoms with Gasteiger partial charge in [0.05, 0.1) is 17.6 Å². The van der Waals surface area contributed by atoms with Crippen molar-refractivity contribution in [1.82, 2.24) is 10.2 Å². The molecule has 6 heteroatoms. The summed E-state index contributed by atoms with van der Waals surface area (Å²) in [5.74, 6) is 1.34. The van der Waals surface area contributed by atoms with E-state index in [-0.39, 0.29) is 11.8 Å². The van der Waals surface area contributed by atoms with Crippen molar-refractivity contribution in [1.29, 1.82) is 0 Å². The number of β-amino-alcohol motifs (C(OH)–C–C–N with tert-alkyl or cyclic N) is 1. The number of rotatable bonds is 5. The molecule has 118 valence electrons. The fourth-order valence-electron chi connectivity index (χ4n) is 3.09. The van der Waals surface area contributed by atoms with Crippen molar-refractivity contribution in [2.24, 2.45) is 5.92 Å². The molecular formula is C14H28N2O3S. The molecule has 0 aliphatic carbocycles. The maximum absolute atomic E-state index is 11.5. The van der Waals surface area contributed by atoms with Crippen molar-refractivity contribution in [2.75, 3.05) is 37.7 Å². The topological polar surface area (TPSA) is 69.6 Å². The van der Waals surface area contributed by atoms with E-state index in [1.165, 1.54) is 12.8 Å². The van der Waals surface area contributed by atoms with Crippen LogP contribution < -0.4 is 5.32 Å². The minimum absolute atomic E-state index is 0.0183. The molecule has 2 atom stereocenters. The van der Waals surface area contributed by atoms with E-state index in [2.05, 4.69) is 17.1 Å². The summed E-state index contributed by atoms with van der Waals surface area (Å²) in [7, 11) is -2.87. The van der Waals surface area contributed by atoms with E-state index < -0.39 is 15.9 Å². The number of aliphatic hydroxyl groups excluding tert-OH is 1. The maximum Gasteiger partial charge on any atom is 0.151 e. The molecule has 0 amide bonds. The largest absolute Gasteiger partial charge is 0.390 e. The van der Waals surface area contributed by atoms with Crippen molar-refractivity contribution in [2.45, 2.75) is 44.8 Å². The van der Waals surface area contributed by atoms with Gasteiger partial charge in [-0.2, -0.15) is 0 Å². The van der Waals surface area contributed by atoms with E-state index in [9.17, 15) is 13.5 Å². The highest BCUT2D eigenvalue weighted by Gasteiger charge is 2.25. The van der Waals surface area contributed by atoms with Crippen LogP contribution in [0.5, 0.6) is 0 Å². The van der Waals surface area contributed by atoms with Crippen LogP contribution in [0.4, 0.5) is 0 Å². The molecule has 2 rings (SSSR count). The molecule has 5 nitrogen and oxygen atoms in total. The van der Waals surface area contributed by atoms with Gasteiger partial charge in [0.25, 0.3) is 0 Å². The molecule has 20 heavy (non-hydrogen) atoms. The fourth-order valence-corrected chi connectivity index (χ4v) is 4.76. The number of sulfone groups is 1. The van der Waals surface area contributed by atoms with Gasteiger partial charge in [-0.3, -0.25) is 0 Å². The van der Waals surface area contributed by atoms with Crippen LogP contribution in [-0.2, 0) is 9.84 Å². The van der Waals surface area contributed by atoms with Crippen LogP contribution in [0.3, 0.4) is 0 Å². The predicted molar refractivity (Wildman–Crippen MR) is 80.5 cm³/mol. The minimum Gasteiger partial charge on any atom is -0.390 e. The van der Waals surface area contributed by atoms with Gasteiger partial charge < -0.3 is 15.3 Å². The average Bonchev–Trinajstić information content (AvgIpc) is 2.38. The van der Waals surface area contributed by atoms with Gasteiger partial charge in [0.2, 0.25) is 0 Å². The van der Waals surface area contributed by atoms with E-state index in [0.29, 0.717) is 18.8 Å². The fraction of sp³-hybridized carbons (Fsp3) is 1.00. The first kappa shape index (κ1) is 16.2. The Morgan fingerprint density at radius 3 is 2.65 bits per heavy atom. The lowest BCUT2D eigenvalue weighted by Crippen LogP contribution is -2.46. The van der Waals surface area contributed by atoms with Crippen LogP contribution >= 0.6 is 0 Å². The molecule has 2 saturated heterocycles. The van der Waals surface area contributed by atoms with E-state index in [4.69, 9.17) is 0 Å². The SMILES string of the molecule is CC1CCN(CC(O)CNC2CCCS(=O)(=O)C2)CC1. The zero-order chi connectivity index (χ0) is 14.6. The Balaban J connectivity index is 1.66. The van der Waals surface area contributed by atoms with Gasteiger partial charge in [-0.15, -0.1) is 0 Å². The van der Waals surface area contributed by atoms with Gasteiger partial charge in [-0.25, -0.2) is 8.42 Å². The monoisotopic (exact) mass is 304 g/mol. The molecule has 0 aromatic rings. The second kappa shape index (κ2) is 7.20. The normalized spacial score (nSPS) is 30.2. The lowest BCUT2D eigenvalue weighted by molar-refractivity contribution is 0.0889. The molecule has 2 unspecified atom stereocenters. The van der Waals surface area contributed by atoms with Crippen molar-refractivity contribution in [3.8, 4) is 0 Å². The number of hydrogen-bond acceptors (Lipinski definition) is 5. The van der Waals surface area contributed by atoms with Crippen LogP contribution in [0.15, 0.2) is 0 Å². The zero-order valence-electron chi connectivity index (χ0n) is 12.4. The Morgan fingerprint density at radius 1 is 1.30 bits per heavy atom. The number of piperidine rings is 1. The molecular weight excluding hydrogens is 276 g/mol. The summed E-state index contributed by atoms with van der Waals surface area (Å²) in [6.07, 6.45) is 3.64. The number of hydrogen-bond donors (Lipinski definition) is 2. The zero-order valence-corrected chi connectivity index (χ0v) is 13.2. The lowest BCUT2D eigenvalue weighted by Gasteiger charge is -2.32. The molecule has 0 saturated carbocycles. The van der Waals surface area contributed by atoms with Crippen LogP contribution in [0.2, 0.25) is 0 Å². The van der Waals surface area contributed by atoms with E-state index in [1.807, 2.05) is 0 Å². The van der Waals surface area contributed by atoms with Crippen LogP contribution in [0.25, 0.3) is 0 Å². The first-order valence-electron chi connectivity index (χ1n) is 7.79. The Morgan fingerprint density at radius 2 is 2.00 bits per heavy atom. The first-order chi connectivity index (χ1) is 9.44. The Hall–Kier alpha value is -0.170. The Labute approximate surface area is 122 Å². The highest BCUT2D eigenvalue weighted by molar-refractivity contribution is 7.91. The number of likely N-dealkylation sites (tertiary alicyclic amines) is 1. The van der Waals surface area contributed by atoms with Gasteiger partial charge in [0.15, 0.2) is 9.84 Å². The quantitative estimate of drug-likeness (QED) is 0.762. The predicted octanol–water partition coefficient (Wildman–Crippen LogP) is 0.246. The van der Waals surface area contributed by atoms with E-state index in [0.717, 1.165) is 31.8 Å². The van der Waals surface area contributed by atoms with Crippen molar-refractivity contribution < 1.29 is 13.5 Å². The summed E-state index contributed by atoms with van der Waals surface area (Å²) >= 11 is 0. The Kier molecular flexibility index (Phi) is 5.84. The third kappa shape index (κ3) is 5.31. The van der Waals surface area contributed by atoms with Gasteiger partial charge in [-0.1, -0.05) is 6.92 Å². The van der Waals surface area contributed by atoms with Gasteiger partial charge in [-0.05, 0) is 44.7 Å². The van der Waals surface area contributed by atoms with Gasteiger partial charge in [0.1, 0.15) is 0 Å². The molecule has 2 N–H and O–H groups in total. The second-order valence-electron chi connectivity index (χ2n) is 6.50. The molecule has 0 radical (unpaired) electrons. The lowest BCUT2D eigenvalue weighted by atomic mass is 9.99. The summed E-state index contributed by atoms with van der Waals surface area (Å²) in [6, 6.07) is 0.0183. The molecule has 2 aliphatic heterocycles. The van der Waals surface area contributed by atoms with E-state index >= 15 is 0 Å². The molecule has 2 fully saturated rings. The second-order valence-corrected chi connectivity index (χ2v) is 8.73. The summed E-state index contributed by atoms with van der Waals surface area (Å²) in [5.41, 5.74) is 0. The minimum atomic E-state index is -2.87. The van der Waals surface area contributed by atoms with Crippen molar-refractivity contribution >= 4 is 9.84 Å². The summed E-state index contributed by atoms with van der Waals surface area (Å²) in [6.45, 7) is 5.59. The average molecular weight is 304 g/mol. The summed E-state index contributed by atoms with van der Waals surface area (Å²) in [5, 5.41) is 13.3. The number of nitrogens with one attached hydrogen (secondary N) is 1. The number of aliphatic hydroxyl groups is 1. The molecule has 0 aromatic heterocycles. The smallest absolute Gasteiger partial charge is 0.151 e. The molecule has 0 spiro atoms. The number of nitrogens with zero attached hydrogens (tertiary/aromatic N) is 1. The van der Waals surface area contributed by atoms with Crippen LogP contribution in [-0.4, -0.2) is 68.3 Å². The third-order valence-corrected chi connectivity index (χ3v) is 6.27. The first-order valence-corrected chi connectivity index (χ1v) is 9.61. The van der Waals surface area contributed by atoms with Crippen molar-refractivity contribution in [3.63, 3.8) is 0 Å². The standard InChI is InChI=1S/C14H28N2O3S/c1-12-4-6-16(7-5-12)10-14(17)9-15-13-3-2-8-20(18,19)11-13/h12-15,17H,2-11H2,1H3. The third-order valence-electron chi connectivity index (χ3n) is 4.45. The van der Waals surface area contributed by atoms with Crippen LogP contribution in [0, 0.1) is 5.92 Å².